The standard InChI is InChI=1S/C19H31N5O.HI/c1-5-20-19(23-17-11-14(17)2)22-13-15-7-6-8-16(12-15)18(25)21-9-10-24(3)4;/h6-8,12,14,17H,5,9-11,13H2,1-4H3,(H,21,25)(H2,20,22,23);1H. The summed E-state index contributed by atoms with van der Waals surface area (Å²) in [5.41, 5.74) is 1.71. The second kappa shape index (κ2) is 11.4. The molecule has 0 spiro atoms. The van der Waals surface area contributed by atoms with Gasteiger partial charge in [-0.05, 0) is 51.1 Å². The van der Waals surface area contributed by atoms with Crippen molar-refractivity contribution in [2.45, 2.75) is 32.9 Å². The fourth-order valence-corrected chi connectivity index (χ4v) is 2.50. The van der Waals surface area contributed by atoms with Gasteiger partial charge in [-0.15, -0.1) is 24.0 Å². The van der Waals surface area contributed by atoms with Gasteiger partial charge in [-0.2, -0.15) is 0 Å². The Morgan fingerprint density at radius 2 is 2.04 bits per heavy atom. The number of carbonyl (C=O) groups is 1. The number of hydrogen-bond acceptors (Lipinski definition) is 3. The number of guanidine groups is 1. The maximum atomic E-state index is 12.2. The smallest absolute Gasteiger partial charge is 0.251 e. The lowest BCUT2D eigenvalue weighted by atomic mass is 10.1. The van der Waals surface area contributed by atoms with Crippen molar-refractivity contribution in [2.24, 2.45) is 10.9 Å². The van der Waals surface area contributed by atoms with Crippen molar-refractivity contribution < 1.29 is 4.79 Å². The Kier molecular flexibility index (Phi) is 9.93. The molecule has 2 rings (SSSR count). The van der Waals surface area contributed by atoms with Gasteiger partial charge >= 0.3 is 0 Å². The quantitative estimate of drug-likeness (QED) is 0.307. The van der Waals surface area contributed by atoms with Gasteiger partial charge in [0.15, 0.2) is 5.96 Å². The lowest BCUT2D eigenvalue weighted by molar-refractivity contribution is 0.0951. The van der Waals surface area contributed by atoms with Crippen LogP contribution >= 0.6 is 24.0 Å². The van der Waals surface area contributed by atoms with Crippen molar-refractivity contribution in [1.29, 1.82) is 0 Å². The molecule has 1 fully saturated rings. The third kappa shape index (κ3) is 7.90. The molecular formula is C19H32IN5O. The minimum atomic E-state index is -0.0375. The Balaban J connectivity index is 0.00000338. The van der Waals surface area contributed by atoms with Crippen molar-refractivity contribution in [3.05, 3.63) is 35.4 Å². The Morgan fingerprint density at radius 3 is 2.65 bits per heavy atom. The molecule has 1 aliphatic carbocycles. The van der Waals surface area contributed by atoms with E-state index in [0.717, 1.165) is 30.5 Å². The first-order valence-electron chi connectivity index (χ1n) is 9.06. The normalized spacial score (nSPS) is 18.9. The van der Waals surface area contributed by atoms with Gasteiger partial charge in [0.25, 0.3) is 5.91 Å². The molecule has 0 saturated heterocycles. The van der Waals surface area contributed by atoms with E-state index in [2.05, 4.69) is 34.8 Å². The molecule has 7 heteroatoms. The first-order chi connectivity index (χ1) is 12.0. The number of hydrogen-bond donors (Lipinski definition) is 3. The Morgan fingerprint density at radius 1 is 1.31 bits per heavy atom. The summed E-state index contributed by atoms with van der Waals surface area (Å²) in [5.74, 6) is 1.53. The number of amides is 1. The highest BCUT2D eigenvalue weighted by molar-refractivity contribution is 14.0. The van der Waals surface area contributed by atoms with Crippen molar-refractivity contribution >= 4 is 35.8 Å². The summed E-state index contributed by atoms with van der Waals surface area (Å²) in [4.78, 5) is 18.9. The molecule has 0 heterocycles. The zero-order chi connectivity index (χ0) is 18.2. The van der Waals surface area contributed by atoms with Crippen LogP contribution in [0.3, 0.4) is 0 Å². The molecule has 2 unspecified atom stereocenters. The molecule has 0 radical (unpaired) electrons. The monoisotopic (exact) mass is 473 g/mol. The van der Waals surface area contributed by atoms with Gasteiger partial charge in [-0.25, -0.2) is 4.99 Å². The van der Waals surface area contributed by atoms with E-state index in [4.69, 9.17) is 0 Å². The number of benzene rings is 1. The fraction of sp³-hybridized carbons (Fsp3) is 0.579. The molecule has 6 nitrogen and oxygen atoms in total. The molecule has 1 aliphatic rings. The van der Waals surface area contributed by atoms with Gasteiger partial charge in [-0.3, -0.25) is 4.79 Å². The number of halogens is 1. The van der Waals surface area contributed by atoms with E-state index in [9.17, 15) is 4.79 Å². The fourth-order valence-electron chi connectivity index (χ4n) is 2.50. The zero-order valence-corrected chi connectivity index (χ0v) is 18.5. The molecule has 1 aromatic rings. The van der Waals surface area contributed by atoms with E-state index in [1.54, 1.807) is 0 Å². The van der Waals surface area contributed by atoms with Crippen LogP contribution in [0.5, 0.6) is 0 Å². The van der Waals surface area contributed by atoms with Gasteiger partial charge in [0.05, 0.1) is 6.54 Å². The van der Waals surface area contributed by atoms with Crippen LogP contribution in [-0.2, 0) is 6.54 Å². The first-order valence-corrected chi connectivity index (χ1v) is 9.06. The summed E-state index contributed by atoms with van der Waals surface area (Å²) in [5, 5.41) is 9.66. The van der Waals surface area contributed by atoms with Gasteiger partial charge in [-0.1, -0.05) is 19.1 Å². The highest BCUT2D eigenvalue weighted by Gasteiger charge is 2.33. The van der Waals surface area contributed by atoms with Crippen LogP contribution in [0.4, 0.5) is 0 Å². The Labute approximate surface area is 174 Å². The number of nitrogens with zero attached hydrogens (tertiary/aromatic N) is 2. The molecule has 2 atom stereocenters. The van der Waals surface area contributed by atoms with Crippen LogP contribution in [0.25, 0.3) is 0 Å². The van der Waals surface area contributed by atoms with Crippen LogP contribution in [0.1, 0.15) is 36.2 Å². The van der Waals surface area contributed by atoms with Crippen molar-refractivity contribution in [1.82, 2.24) is 20.9 Å². The Hall–Kier alpha value is -1.35. The van der Waals surface area contributed by atoms with Crippen LogP contribution in [-0.4, -0.2) is 56.5 Å². The van der Waals surface area contributed by atoms with E-state index in [-0.39, 0.29) is 29.9 Å². The van der Waals surface area contributed by atoms with E-state index >= 15 is 0 Å². The maximum Gasteiger partial charge on any atom is 0.251 e. The largest absolute Gasteiger partial charge is 0.357 e. The van der Waals surface area contributed by atoms with E-state index in [1.807, 2.05) is 43.3 Å². The SMILES string of the molecule is CCNC(=NCc1cccc(C(=O)NCCN(C)C)c1)NC1CC1C.I. The number of likely N-dealkylation sites (N-methyl/N-ethyl adjacent to an activating group) is 1. The van der Waals surface area contributed by atoms with Crippen molar-refractivity contribution in [3.8, 4) is 0 Å². The van der Waals surface area contributed by atoms with E-state index in [0.29, 0.717) is 24.7 Å². The molecule has 26 heavy (non-hydrogen) atoms. The van der Waals surface area contributed by atoms with Crippen molar-refractivity contribution in [2.75, 3.05) is 33.7 Å². The summed E-state index contributed by atoms with van der Waals surface area (Å²) in [6, 6.07) is 8.20. The predicted molar refractivity (Wildman–Crippen MR) is 118 cm³/mol. The molecule has 0 aromatic heterocycles. The van der Waals surface area contributed by atoms with Crippen LogP contribution in [0.15, 0.2) is 29.3 Å². The third-order valence-corrected chi connectivity index (χ3v) is 4.23. The number of rotatable bonds is 8. The predicted octanol–water partition coefficient (Wildman–Crippen LogP) is 2.06. The van der Waals surface area contributed by atoms with Crippen LogP contribution in [0.2, 0.25) is 0 Å². The maximum absolute atomic E-state index is 12.2. The summed E-state index contributed by atoms with van der Waals surface area (Å²) in [7, 11) is 3.98. The molecular weight excluding hydrogens is 441 g/mol. The molecule has 1 saturated carbocycles. The average molecular weight is 473 g/mol. The molecule has 0 aliphatic heterocycles. The second-order valence-electron chi connectivity index (χ2n) is 6.92. The van der Waals surface area contributed by atoms with Crippen molar-refractivity contribution in [3.63, 3.8) is 0 Å². The highest BCUT2D eigenvalue weighted by Crippen LogP contribution is 2.28. The minimum absolute atomic E-state index is 0. The number of nitrogens with one attached hydrogen (secondary N) is 3. The lowest BCUT2D eigenvalue weighted by Gasteiger charge is -2.12. The molecule has 0 bridgehead atoms. The van der Waals surface area contributed by atoms with E-state index < -0.39 is 0 Å². The minimum Gasteiger partial charge on any atom is -0.357 e. The van der Waals surface area contributed by atoms with Gasteiger partial charge in [0.1, 0.15) is 0 Å². The second-order valence-corrected chi connectivity index (χ2v) is 6.92. The zero-order valence-electron chi connectivity index (χ0n) is 16.2. The molecule has 1 amide bonds. The van der Waals surface area contributed by atoms with Gasteiger partial charge < -0.3 is 20.9 Å². The highest BCUT2D eigenvalue weighted by atomic mass is 127. The van der Waals surface area contributed by atoms with E-state index in [1.165, 1.54) is 6.42 Å². The molecule has 146 valence electrons. The lowest BCUT2D eigenvalue weighted by Crippen LogP contribution is -2.39. The Bertz CT molecular complexity index is 605. The third-order valence-electron chi connectivity index (χ3n) is 4.23. The topological polar surface area (TPSA) is 68.8 Å². The van der Waals surface area contributed by atoms with Gasteiger partial charge in [0.2, 0.25) is 0 Å². The summed E-state index contributed by atoms with van der Waals surface area (Å²) in [6.45, 7) is 7.15. The average Bonchev–Trinajstić information content (AvgIpc) is 3.27. The molecule has 1 aromatic carbocycles. The van der Waals surface area contributed by atoms with Crippen LogP contribution < -0.4 is 16.0 Å². The van der Waals surface area contributed by atoms with Gasteiger partial charge in [0, 0.05) is 31.2 Å². The number of aliphatic imine (C=N–C) groups is 1. The van der Waals surface area contributed by atoms with Crippen LogP contribution in [0, 0.1) is 5.92 Å². The summed E-state index contributed by atoms with van der Waals surface area (Å²) < 4.78 is 0. The first kappa shape index (κ1) is 22.7. The summed E-state index contributed by atoms with van der Waals surface area (Å²) >= 11 is 0. The number of carbonyl (C=O) groups excluding carboxylic acids is 1. The molecule has 3 N–H and O–H groups in total. The summed E-state index contributed by atoms with van der Waals surface area (Å²) in [6.07, 6.45) is 1.20.